The lowest BCUT2D eigenvalue weighted by atomic mass is 10.3. The molecule has 18 heavy (non-hydrogen) atoms. The van der Waals surface area contributed by atoms with E-state index in [0.29, 0.717) is 0 Å². The van der Waals surface area contributed by atoms with Gasteiger partial charge < -0.3 is 20.5 Å². The number of rotatable bonds is 5. The summed E-state index contributed by atoms with van der Waals surface area (Å²) in [4.78, 5) is 11.2. The van der Waals surface area contributed by atoms with Gasteiger partial charge in [0, 0.05) is 12.6 Å². The number of halogens is 3. The van der Waals surface area contributed by atoms with E-state index in [4.69, 9.17) is 5.11 Å². The summed E-state index contributed by atoms with van der Waals surface area (Å²) >= 11 is 0. The molecule has 2 amide bonds. The molecule has 0 atom stereocenters. The third-order valence-corrected chi connectivity index (χ3v) is 1.81. The summed E-state index contributed by atoms with van der Waals surface area (Å²) in [5, 5.41) is 12.9. The van der Waals surface area contributed by atoms with Gasteiger partial charge in [-0.15, -0.1) is 0 Å². The molecule has 100 valence electrons. The second-order valence-corrected chi connectivity index (χ2v) is 3.12. The number of aliphatic hydroxyl groups excluding tert-OH is 1. The normalized spacial score (nSPS) is 10.3. The van der Waals surface area contributed by atoms with Gasteiger partial charge in [-0.2, -0.15) is 8.78 Å². The summed E-state index contributed by atoms with van der Waals surface area (Å²) in [6.07, 6.45) is 0. The minimum atomic E-state index is -3.13. The minimum Gasteiger partial charge on any atom is -0.432 e. The number of nitrogens with one attached hydrogen (secondary N) is 2. The molecule has 0 aliphatic carbocycles. The number of amides is 2. The fourth-order valence-corrected chi connectivity index (χ4v) is 1.13. The molecule has 0 radical (unpaired) electrons. The topological polar surface area (TPSA) is 70.6 Å². The number of hydrogen-bond donors (Lipinski definition) is 3. The Morgan fingerprint density at radius 1 is 1.44 bits per heavy atom. The van der Waals surface area contributed by atoms with Crippen LogP contribution < -0.4 is 15.4 Å². The molecule has 0 saturated heterocycles. The zero-order valence-electron chi connectivity index (χ0n) is 9.12. The van der Waals surface area contributed by atoms with E-state index in [1.165, 1.54) is 0 Å². The number of carbonyl (C=O) groups is 1. The highest BCUT2D eigenvalue weighted by Gasteiger charge is 2.12. The maximum absolute atomic E-state index is 12.9. The van der Waals surface area contributed by atoms with Crippen molar-refractivity contribution >= 4 is 11.7 Å². The Balaban J connectivity index is 2.77. The van der Waals surface area contributed by atoms with Crippen molar-refractivity contribution in [3.05, 3.63) is 24.0 Å². The van der Waals surface area contributed by atoms with E-state index in [1.807, 2.05) is 0 Å². The Labute approximate surface area is 101 Å². The summed E-state index contributed by atoms with van der Waals surface area (Å²) in [5.41, 5.74) is -0.105. The third kappa shape index (κ3) is 4.50. The van der Waals surface area contributed by atoms with Crippen molar-refractivity contribution in [1.82, 2.24) is 5.32 Å². The first-order chi connectivity index (χ1) is 8.52. The van der Waals surface area contributed by atoms with Crippen LogP contribution in [-0.2, 0) is 0 Å². The monoisotopic (exact) mass is 264 g/mol. The Morgan fingerprint density at radius 3 is 2.78 bits per heavy atom. The highest BCUT2D eigenvalue weighted by molar-refractivity contribution is 5.90. The molecule has 5 nitrogen and oxygen atoms in total. The molecule has 8 heteroatoms. The Hall–Kier alpha value is -1.96. The largest absolute Gasteiger partial charge is 0.432 e. The van der Waals surface area contributed by atoms with E-state index in [-0.39, 0.29) is 18.8 Å². The van der Waals surface area contributed by atoms with Crippen LogP contribution in [0.25, 0.3) is 0 Å². The number of carbonyl (C=O) groups excluding carboxylic acids is 1. The predicted octanol–water partition coefficient (Wildman–Crippen LogP) is 1.54. The Kier molecular flexibility index (Phi) is 5.25. The fourth-order valence-electron chi connectivity index (χ4n) is 1.13. The van der Waals surface area contributed by atoms with E-state index < -0.39 is 24.2 Å². The van der Waals surface area contributed by atoms with Gasteiger partial charge in [0.2, 0.25) is 0 Å². The highest BCUT2D eigenvalue weighted by Crippen LogP contribution is 2.26. The zero-order chi connectivity index (χ0) is 13.5. The Morgan fingerprint density at radius 2 is 2.17 bits per heavy atom. The van der Waals surface area contributed by atoms with Crippen LogP contribution in [0.3, 0.4) is 0 Å². The van der Waals surface area contributed by atoms with Crippen molar-refractivity contribution in [2.75, 3.05) is 18.5 Å². The van der Waals surface area contributed by atoms with Crippen LogP contribution >= 0.6 is 0 Å². The number of alkyl halides is 2. The van der Waals surface area contributed by atoms with Crippen LogP contribution in [0, 0.1) is 5.82 Å². The van der Waals surface area contributed by atoms with Crippen molar-refractivity contribution in [3.63, 3.8) is 0 Å². The lowest BCUT2D eigenvalue weighted by Crippen LogP contribution is -2.31. The maximum Gasteiger partial charge on any atom is 0.387 e. The van der Waals surface area contributed by atoms with Gasteiger partial charge in [-0.25, -0.2) is 9.18 Å². The average Bonchev–Trinajstić information content (AvgIpc) is 2.29. The van der Waals surface area contributed by atoms with Gasteiger partial charge in [0.05, 0.1) is 12.3 Å². The van der Waals surface area contributed by atoms with E-state index in [2.05, 4.69) is 15.4 Å². The van der Waals surface area contributed by atoms with Crippen LogP contribution in [0.4, 0.5) is 23.7 Å². The molecule has 0 heterocycles. The molecule has 1 aromatic carbocycles. The number of urea groups is 1. The van der Waals surface area contributed by atoms with Crippen molar-refractivity contribution in [2.45, 2.75) is 6.61 Å². The molecule has 3 N–H and O–H groups in total. The lowest BCUT2D eigenvalue weighted by molar-refractivity contribution is -0.0495. The minimum absolute atomic E-state index is 0.00192. The molecule has 0 saturated carbocycles. The van der Waals surface area contributed by atoms with Gasteiger partial charge in [-0.3, -0.25) is 0 Å². The van der Waals surface area contributed by atoms with Gasteiger partial charge in [-0.05, 0) is 12.1 Å². The lowest BCUT2D eigenvalue weighted by Gasteiger charge is -2.12. The van der Waals surface area contributed by atoms with Crippen molar-refractivity contribution in [3.8, 4) is 5.75 Å². The van der Waals surface area contributed by atoms with Crippen LogP contribution in [0.1, 0.15) is 0 Å². The quantitative estimate of drug-likeness (QED) is 0.755. The first-order valence-electron chi connectivity index (χ1n) is 4.93. The van der Waals surface area contributed by atoms with Gasteiger partial charge in [-0.1, -0.05) is 0 Å². The van der Waals surface area contributed by atoms with Crippen molar-refractivity contribution in [1.29, 1.82) is 0 Å². The van der Waals surface area contributed by atoms with Crippen LogP contribution in [0.5, 0.6) is 5.75 Å². The van der Waals surface area contributed by atoms with Crippen molar-refractivity contribution in [2.24, 2.45) is 0 Å². The average molecular weight is 264 g/mol. The maximum atomic E-state index is 12.9. The first kappa shape index (κ1) is 14.1. The van der Waals surface area contributed by atoms with E-state index >= 15 is 0 Å². The molecule has 0 aliphatic rings. The third-order valence-electron chi connectivity index (χ3n) is 1.81. The summed E-state index contributed by atoms with van der Waals surface area (Å²) in [7, 11) is 0. The molecule has 0 bridgehead atoms. The molecule has 1 rings (SSSR count). The molecule has 0 aliphatic heterocycles. The number of hydrogen-bond acceptors (Lipinski definition) is 3. The summed E-state index contributed by atoms with van der Waals surface area (Å²) in [5.74, 6) is -1.25. The summed E-state index contributed by atoms with van der Waals surface area (Å²) in [6.45, 7) is -3.40. The van der Waals surface area contributed by atoms with Crippen LogP contribution in [-0.4, -0.2) is 30.9 Å². The van der Waals surface area contributed by atoms with Crippen molar-refractivity contribution < 1.29 is 27.8 Å². The number of aliphatic hydroxyl groups is 1. The van der Waals surface area contributed by atoms with Crippen LogP contribution in [0.2, 0.25) is 0 Å². The summed E-state index contributed by atoms with van der Waals surface area (Å²) in [6, 6.07) is 2.08. The van der Waals surface area contributed by atoms with E-state index in [9.17, 15) is 18.0 Å². The Bertz CT molecular complexity index is 415. The van der Waals surface area contributed by atoms with E-state index in [1.54, 1.807) is 0 Å². The van der Waals surface area contributed by atoms with Gasteiger partial charge in [0.15, 0.2) is 5.75 Å². The number of ether oxygens (including phenoxy) is 1. The van der Waals surface area contributed by atoms with Gasteiger partial charge >= 0.3 is 12.6 Å². The standard InChI is InChI=1S/C10H11F3N2O3/c11-6-1-2-7(8(5-6)18-9(12)13)15-10(17)14-3-4-16/h1-2,5,9,16H,3-4H2,(H2,14,15,17). The SMILES string of the molecule is O=C(NCCO)Nc1ccc(F)cc1OC(F)F. The molecule has 0 aromatic heterocycles. The second kappa shape index (κ2) is 6.70. The van der Waals surface area contributed by atoms with E-state index in [0.717, 1.165) is 18.2 Å². The predicted molar refractivity (Wildman–Crippen MR) is 57.1 cm³/mol. The first-order valence-corrected chi connectivity index (χ1v) is 4.93. The molecule has 0 spiro atoms. The molecule has 1 aromatic rings. The smallest absolute Gasteiger partial charge is 0.387 e. The second-order valence-electron chi connectivity index (χ2n) is 3.12. The molecular weight excluding hydrogens is 253 g/mol. The number of anilines is 1. The molecule has 0 fully saturated rings. The molecule has 0 unspecified atom stereocenters. The van der Waals surface area contributed by atoms with Gasteiger partial charge in [0.1, 0.15) is 5.82 Å². The highest BCUT2D eigenvalue weighted by atomic mass is 19.3. The fraction of sp³-hybridized carbons (Fsp3) is 0.300. The number of benzene rings is 1. The van der Waals surface area contributed by atoms with Gasteiger partial charge in [0.25, 0.3) is 0 Å². The molecular formula is C10H11F3N2O3. The van der Waals surface area contributed by atoms with Crippen LogP contribution in [0.15, 0.2) is 18.2 Å². The summed E-state index contributed by atoms with van der Waals surface area (Å²) < 4.78 is 41.1. The zero-order valence-corrected chi connectivity index (χ0v) is 9.12.